The maximum Gasteiger partial charge on any atom is 0.252 e. The van der Waals surface area contributed by atoms with Gasteiger partial charge in [0.2, 0.25) is 0 Å². The zero-order valence-corrected chi connectivity index (χ0v) is 13.5. The normalized spacial score (nSPS) is 10.2. The summed E-state index contributed by atoms with van der Waals surface area (Å²) in [5.74, 6) is 1.37. The number of ether oxygens (including phenoxy) is 3. The molecule has 0 aliphatic carbocycles. The van der Waals surface area contributed by atoms with E-state index in [1.165, 1.54) is 0 Å². The first-order valence-corrected chi connectivity index (χ1v) is 7.47. The van der Waals surface area contributed by atoms with Crippen LogP contribution in [0.2, 0.25) is 5.02 Å². The number of nitrogens with two attached hydrogens (primary N) is 1. The first-order valence-electron chi connectivity index (χ1n) is 7.09. The Bertz CT molecular complexity index is 658. The molecule has 0 radical (unpaired) electrons. The molecule has 2 aromatic carbocycles. The van der Waals surface area contributed by atoms with Crippen molar-refractivity contribution in [2.45, 2.75) is 6.42 Å². The van der Waals surface area contributed by atoms with E-state index in [-0.39, 0.29) is 0 Å². The Morgan fingerprint density at radius 2 is 1.70 bits per heavy atom. The molecular formula is C17H18ClNO4. The summed E-state index contributed by atoms with van der Waals surface area (Å²) >= 11 is 5.90. The predicted octanol–water partition coefficient (Wildman–Crippen LogP) is 3.30. The molecule has 0 atom stereocenters. The molecule has 2 N–H and O–H groups in total. The molecule has 2 rings (SSSR count). The second-order valence-electron chi connectivity index (χ2n) is 4.73. The highest BCUT2D eigenvalue weighted by atomic mass is 35.5. The summed E-state index contributed by atoms with van der Waals surface area (Å²) in [6, 6.07) is 12.1. The van der Waals surface area contributed by atoms with Crippen molar-refractivity contribution in [2.24, 2.45) is 5.73 Å². The van der Waals surface area contributed by atoms with E-state index in [0.717, 1.165) is 11.5 Å². The van der Waals surface area contributed by atoms with Gasteiger partial charge in [0.05, 0.1) is 25.9 Å². The summed E-state index contributed by atoms with van der Waals surface area (Å²) in [4.78, 5) is 11.3. The zero-order chi connectivity index (χ0) is 16.7. The first-order chi connectivity index (χ1) is 11.1. The Labute approximate surface area is 139 Å². The van der Waals surface area contributed by atoms with E-state index in [1.54, 1.807) is 25.3 Å². The average Bonchev–Trinajstić information content (AvgIpc) is 2.55. The lowest BCUT2D eigenvalue weighted by molar-refractivity contribution is 0.0996. The fraction of sp³-hybridized carbons (Fsp3) is 0.235. The van der Waals surface area contributed by atoms with Crippen molar-refractivity contribution in [3.63, 3.8) is 0 Å². The quantitative estimate of drug-likeness (QED) is 0.751. The lowest BCUT2D eigenvalue weighted by atomic mass is 10.2. The number of hydrogen-bond donors (Lipinski definition) is 1. The van der Waals surface area contributed by atoms with E-state index in [9.17, 15) is 4.79 Å². The Kier molecular flexibility index (Phi) is 6.11. The molecule has 122 valence electrons. The number of primary amides is 1. The van der Waals surface area contributed by atoms with Crippen molar-refractivity contribution in [1.82, 2.24) is 0 Å². The van der Waals surface area contributed by atoms with E-state index in [4.69, 9.17) is 31.5 Å². The smallest absolute Gasteiger partial charge is 0.252 e. The molecule has 0 fully saturated rings. The van der Waals surface area contributed by atoms with Gasteiger partial charge >= 0.3 is 0 Å². The third-order valence-corrected chi connectivity index (χ3v) is 3.32. The van der Waals surface area contributed by atoms with Crippen molar-refractivity contribution in [1.29, 1.82) is 0 Å². The fourth-order valence-corrected chi connectivity index (χ4v) is 2.08. The second kappa shape index (κ2) is 8.29. The van der Waals surface area contributed by atoms with Crippen LogP contribution in [0.3, 0.4) is 0 Å². The van der Waals surface area contributed by atoms with E-state index < -0.39 is 5.91 Å². The highest BCUT2D eigenvalue weighted by Gasteiger charge is 2.09. The van der Waals surface area contributed by atoms with Crippen LogP contribution in [0.1, 0.15) is 16.8 Å². The Hall–Kier alpha value is -2.40. The van der Waals surface area contributed by atoms with Crippen LogP contribution in [-0.4, -0.2) is 26.2 Å². The van der Waals surface area contributed by atoms with Crippen LogP contribution in [0.4, 0.5) is 0 Å². The van der Waals surface area contributed by atoms with Gasteiger partial charge in [-0.3, -0.25) is 4.79 Å². The number of carbonyl (C=O) groups excluding carboxylic acids is 1. The molecule has 0 saturated heterocycles. The molecule has 0 heterocycles. The lowest BCUT2D eigenvalue weighted by Gasteiger charge is -2.11. The minimum absolute atomic E-state index is 0.311. The molecule has 2 aromatic rings. The van der Waals surface area contributed by atoms with E-state index in [0.29, 0.717) is 36.0 Å². The van der Waals surface area contributed by atoms with Gasteiger partial charge < -0.3 is 19.9 Å². The highest BCUT2D eigenvalue weighted by molar-refractivity contribution is 6.30. The van der Waals surface area contributed by atoms with Crippen LogP contribution in [0, 0.1) is 0 Å². The minimum Gasteiger partial charge on any atom is -0.497 e. The van der Waals surface area contributed by atoms with Crippen LogP contribution in [-0.2, 0) is 0 Å². The van der Waals surface area contributed by atoms with Gasteiger partial charge in [-0.25, -0.2) is 0 Å². The number of benzene rings is 2. The summed E-state index contributed by atoms with van der Waals surface area (Å²) < 4.78 is 16.2. The van der Waals surface area contributed by atoms with Crippen molar-refractivity contribution >= 4 is 17.5 Å². The van der Waals surface area contributed by atoms with Crippen LogP contribution in [0.25, 0.3) is 0 Å². The lowest BCUT2D eigenvalue weighted by Crippen LogP contribution is -2.14. The summed E-state index contributed by atoms with van der Waals surface area (Å²) in [5.41, 5.74) is 5.61. The summed E-state index contributed by atoms with van der Waals surface area (Å²) in [5, 5.41) is 0.486. The molecular weight excluding hydrogens is 318 g/mol. The summed E-state index contributed by atoms with van der Waals surface area (Å²) in [6.45, 7) is 0.871. The highest BCUT2D eigenvalue weighted by Crippen LogP contribution is 2.23. The number of rotatable bonds is 8. The van der Waals surface area contributed by atoms with Gasteiger partial charge in [0.25, 0.3) is 5.91 Å². The number of amides is 1. The molecule has 1 amide bonds. The topological polar surface area (TPSA) is 70.8 Å². The molecule has 5 nitrogen and oxygen atoms in total. The van der Waals surface area contributed by atoms with E-state index in [2.05, 4.69) is 0 Å². The molecule has 0 bridgehead atoms. The zero-order valence-electron chi connectivity index (χ0n) is 12.8. The van der Waals surface area contributed by atoms with E-state index >= 15 is 0 Å². The molecule has 0 saturated carbocycles. The fourth-order valence-electron chi connectivity index (χ4n) is 1.92. The summed E-state index contributed by atoms with van der Waals surface area (Å²) in [6.07, 6.45) is 0.650. The third kappa shape index (κ3) is 5.07. The van der Waals surface area contributed by atoms with Gasteiger partial charge in [-0.2, -0.15) is 0 Å². The van der Waals surface area contributed by atoms with Crippen LogP contribution < -0.4 is 19.9 Å². The molecule has 0 aliphatic rings. The van der Waals surface area contributed by atoms with Crippen molar-refractivity contribution < 1.29 is 19.0 Å². The molecule has 0 aromatic heterocycles. The molecule has 23 heavy (non-hydrogen) atoms. The van der Waals surface area contributed by atoms with Gasteiger partial charge in [-0.15, -0.1) is 0 Å². The third-order valence-electron chi connectivity index (χ3n) is 3.08. The van der Waals surface area contributed by atoms with Crippen LogP contribution in [0.5, 0.6) is 17.2 Å². The van der Waals surface area contributed by atoms with Gasteiger partial charge in [-0.1, -0.05) is 11.6 Å². The van der Waals surface area contributed by atoms with Gasteiger partial charge in [0, 0.05) is 11.4 Å². The Morgan fingerprint density at radius 1 is 1.04 bits per heavy atom. The molecule has 0 aliphatic heterocycles. The Morgan fingerprint density at radius 3 is 2.35 bits per heavy atom. The van der Waals surface area contributed by atoms with Crippen LogP contribution >= 0.6 is 11.6 Å². The first kappa shape index (κ1) is 17.0. The molecule has 0 spiro atoms. The molecule has 6 heteroatoms. The summed E-state index contributed by atoms with van der Waals surface area (Å²) in [7, 11) is 1.61. The predicted molar refractivity (Wildman–Crippen MR) is 88.6 cm³/mol. The maximum atomic E-state index is 11.3. The second-order valence-corrected chi connectivity index (χ2v) is 5.17. The maximum absolute atomic E-state index is 11.3. The van der Waals surface area contributed by atoms with Gasteiger partial charge in [-0.05, 0) is 42.5 Å². The van der Waals surface area contributed by atoms with E-state index in [1.807, 2.05) is 24.3 Å². The van der Waals surface area contributed by atoms with Gasteiger partial charge in [0.15, 0.2) is 0 Å². The number of methoxy groups -OCH3 is 1. The number of carbonyl (C=O) groups is 1. The molecule has 0 unspecified atom stereocenters. The largest absolute Gasteiger partial charge is 0.497 e. The van der Waals surface area contributed by atoms with Crippen molar-refractivity contribution in [3.05, 3.63) is 53.1 Å². The number of halogens is 1. The van der Waals surface area contributed by atoms with Crippen molar-refractivity contribution in [3.8, 4) is 17.2 Å². The number of hydrogen-bond acceptors (Lipinski definition) is 4. The van der Waals surface area contributed by atoms with Crippen LogP contribution in [0.15, 0.2) is 42.5 Å². The SMILES string of the molecule is COc1ccc(OCCCOc2cc(Cl)ccc2C(N)=O)cc1. The van der Waals surface area contributed by atoms with Gasteiger partial charge in [0.1, 0.15) is 17.2 Å². The average molecular weight is 336 g/mol. The minimum atomic E-state index is -0.550. The Balaban J connectivity index is 1.79. The monoisotopic (exact) mass is 335 g/mol. The van der Waals surface area contributed by atoms with Crippen molar-refractivity contribution in [2.75, 3.05) is 20.3 Å². The standard InChI is InChI=1S/C17H18ClNO4/c1-21-13-4-6-14(7-5-13)22-9-2-10-23-16-11-12(18)3-8-15(16)17(19)20/h3-8,11H,2,9-10H2,1H3,(H2,19,20).